The molecule has 1 N–H and O–H groups in total. The molecule has 1 fully saturated rings. The fraction of sp³-hybridized carbons (Fsp3) is 0.562. The summed E-state index contributed by atoms with van der Waals surface area (Å²) in [5, 5.41) is 3.22. The summed E-state index contributed by atoms with van der Waals surface area (Å²) in [5.41, 5.74) is -0.241. The lowest BCUT2D eigenvalue weighted by molar-refractivity contribution is 0.0195. The smallest absolute Gasteiger partial charge is 0.410 e. The Morgan fingerprint density at radius 2 is 2.14 bits per heavy atom. The highest BCUT2D eigenvalue weighted by Crippen LogP contribution is 2.16. The number of nitrogens with one attached hydrogen (secondary N) is 1. The predicted molar refractivity (Wildman–Crippen MR) is 79.7 cm³/mol. The monoisotopic (exact) mass is 312 g/mol. The molecule has 22 heavy (non-hydrogen) atoms. The summed E-state index contributed by atoms with van der Waals surface area (Å²) in [6.45, 7) is 6.98. The van der Waals surface area contributed by atoms with Crippen LogP contribution in [0.3, 0.4) is 0 Å². The van der Waals surface area contributed by atoms with Gasteiger partial charge in [-0.05, 0) is 38.8 Å². The number of halogens is 2. The lowest BCUT2D eigenvalue weighted by Gasteiger charge is -2.35. The summed E-state index contributed by atoms with van der Waals surface area (Å²) in [7, 11) is 0. The molecule has 0 spiro atoms. The molecule has 0 aromatic heterocycles. The first-order valence-corrected chi connectivity index (χ1v) is 7.40. The van der Waals surface area contributed by atoms with E-state index in [1.54, 1.807) is 11.0 Å². The van der Waals surface area contributed by atoms with E-state index in [4.69, 9.17) is 4.74 Å². The normalized spacial score (nSPS) is 19.1. The van der Waals surface area contributed by atoms with Crippen LogP contribution in [-0.4, -0.2) is 42.3 Å². The molecule has 0 saturated carbocycles. The fourth-order valence-corrected chi connectivity index (χ4v) is 2.43. The van der Waals surface area contributed by atoms with E-state index in [9.17, 15) is 13.6 Å². The van der Waals surface area contributed by atoms with Crippen molar-refractivity contribution in [1.82, 2.24) is 10.2 Å². The van der Waals surface area contributed by atoms with Crippen LogP contribution in [0.25, 0.3) is 0 Å². The zero-order valence-corrected chi connectivity index (χ0v) is 13.2. The van der Waals surface area contributed by atoms with Crippen LogP contribution in [0.4, 0.5) is 13.6 Å². The van der Waals surface area contributed by atoms with E-state index in [2.05, 4.69) is 5.32 Å². The third kappa shape index (κ3) is 4.40. The summed E-state index contributed by atoms with van der Waals surface area (Å²) in [6.07, 6.45) is -0.0539. The number of ether oxygens (including phenoxy) is 1. The highest BCUT2D eigenvalue weighted by atomic mass is 19.2. The predicted octanol–water partition coefficient (Wildman–Crippen LogP) is 2.72. The Morgan fingerprint density at radius 3 is 2.82 bits per heavy atom. The van der Waals surface area contributed by atoms with Crippen LogP contribution in [0.15, 0.2) is 18.2 Å². The number of amides is 1. The van der Waals surface area contributed by atoms with Crippen LogP contribution in [0.1, 0.15) is 26.3 Å². The van der Waals surface area contributed by atoms with Gasteiger partial charge in [-0.25, -0.2) is 13.6 Å². The van der Waals surface area contributed by atoms with Gasteiger partial charge in [0.2, 0.25) is 0 Å². The number of benzene rings is 1. The first kappa shape index (κ1) is 16.7. The maximum absolute atomic E-state index is 13.7. The summed E-state index contributed by atoms with van der Waals surface area (Å²) in [5.74, 6) is -1.67. The minimum atomic E-state index is -0.850. The van der Waals surface area contributed by atoms with E-state index in [0.29, 0.717) is 31.6 Å². The van der Waals surface area contributed by atoms with Gasteiger partial charge in [-0.2, -0.15) is 0 Å². The molecule has 2 rings (SSSR count). The van der Waals surface area contributed by atoms with Crippen LogP contribution in [0, 0.1) is 11.6 Å². The number of hydrogen-bond acceptors (Lipinski definition) is 3. The standard InChI is InChI=1S/C16H22F2N2O2/c1-16(2,3)22-15(21)20-8-7-19-12(10-20)9-11-5-4-6-13(17)14(11)18/h4-6,12,19H,7-10H2,1-3H3. The van der Waals surface area contributed by atoms with Gasteiger partial charge in [-0.1, -0.05) is 12.1 Å². The molecule has 1 heterocycles. The summed E-state index contributed by atoms with van der Waals surface area (Å²) in [6, 6.07) is 4.02. The van der Waals surface area contributed by atoms with Crippen LogP contribution < -0.4 is 5.32 Å². The van der Waals surface area contributed by atoms with Crippen molar-refractivity contribution >= 4 is 6.09 Å². The van der Waals surface area contributed by atoms with Gasteiger partial charge in [0.05, 0.1) is 0 Å². The maximum Gasteiger partial charge on any atom is 0.410 e. The van der Waals surface area contributed by atoms with Gasteiger partial charge in [0.15, 0.2) is 11.6 Å². The van der Waals surface area contributed by atoms with Gasteiger partial charge in [0, 0.05) is 25.7 Å². The van der Waals surface area contributed by atoms with Crippen molar-refractivity contribution in [3.8, 4) is 0 Å². The number of piperazine rings is 1. The Balaban J connectivity index is 1.99. The molecule has 1 saturated heterocycles. The average Bonchev–Trinajstić information content (AvgIpc) is 2.42. The first-order chi connectivity index (χ1) is 10.3. The van der Waals surface area contributed by atoms with E-state index < -0.39 is 17.2 Å². The molecule has 1 amide bonds. The first-order valence-electron chi connectivity index (χ1n) is 7.40. The van der Waals surface area contributed by atoms with Crippen molar-refractivity contribution in [3.63, 3.8) is 0 Å². The molecule has 0 radical (unpaired) electrons. The van der Waals surface area contributed by atoms with Crippen LogP contribution >= 0.6 is 0 Å². The third-order valence-corrected chi connectivity index (χ3v) is 3.41. The summed E-state index contributed by atoms with van der Waals surface area (Å²) in [4.78, 5) is 13.7. The molecule has 1 aliphatic rings. The van der Waals surface area contributed by atoms with E-state index in [1.807, 2.05) is 20.8 Å². The van der Waals surface area contributed by atoms with Crippen molar-refractivity contribution in [1.29, 1.82) is 0 Å². The van der Waals surface area contributed by atoms with Gasteiger partial charge in [-0.15, -0.1) is 0 Å². The Labute approximate surface area is 129 Å². The molecule has 6 heteroatoms. The number of nitrogens with zero attached hydrogens (tertiary/aromatic N) is 1. The zero-order valence-electron chi connectivity index (χ0n) is 13.2. The second-order valence-electron chi connectivity index (χ2n) is 6.49. The SMILES string of the molecule is CC(C)(C)OC(=O)N1CCNC(Cc2cccc(F)c2F)C1. The van der Waals surface area contributed by atoms with E-state index >= 15 is 0 Å². The van der Waals surface area contributed by atoms with Gasteiger partial charge < -0.3 is 15.0 Å². The topological polar surface area (TPSA) is 41.6 Å². The lowest BCUT2D eigenvalue weighted by atomic mass is 10.0. The molecule has 1 unspecified atom stereocenters. The fourth-order valence-electron chi connectivity index (χ4n) is 2.43. The minimum Gasteiger partial charge on any atom is -0.444 e. The molecule has 1 aliphatic heterocycles. The summed E-state index contributed by atoms with van der Waals surface area (Å²) < 4.78 is 32.3. The van der Waals surface area contributed by atoms with E-state index in [-0.39, 0.29) is 12.1 Å². The molecule has 0 bridgehead atoms. The molecular formula is C16H22F2N2O2. The van der Waals surface area contributed by atoms with Gasteiger partial charge in [0.1, 0.15) is 5.60 Å². The largest absolute Gasteiger partial charge is 0.444 e. The number of carbonyl (C=O) groups is 1. The quantitative estimate of drug-likeness (QED) is 0.913. The second-order valence-corrected chi connectivity index (χ2v) is 6.49. The van der Waals surface area contributed by atoms with Crippen molar-refractivity contribution in [3.05, 3.63) is 35.4 Å². The van der Waals surface area contributed by atoms with Crippen molar-refractivity contribution < 1.29 is 18.3 Å². The number of carbonyl (C=O) groups excluding carboxylic acids is 1. The van der Waals surface area contributed by atoms with Crippen molar-refractivity contribution in [2.24, 2.45) is 0 Å². The van der Waals surface area contributed by atoms with Crippen molar-refractivity contribution in [2.75, 3.05) is 19.6 Å². The van der Waals surface area contributed by atoms with Crippen molar-refractivity contribution in [2.45, 2.75) is 38.8 Å². The van der Waals surface area contributed by atoms with Crippen LogP contribution in [0.2, 0.25) is 0 Å². The van der Waals surface area contributed by atoms with Gasteiger partial charge in [0.25, 0.3) is 0 Å². The summed E-state index contributed by atoms with van der Waals surface area (Å²) >= 11 is 0. The molecule has 122 valence electrons. The number of hydrogen-bond donors (Lipinski definition) is 1. The molecule has 0 aliphatic carbocycles. The molecule has 4 nitrogen and oxygen atoms in total. The van der Waals surface area contributed by atoms with Crippen LogP contribution in [0.5, 0.6) is 0 Å². The minimum absolute atomic E-state index is 0.127. The molecular weight excluding hydrogens is 290 g/mol. The maximum atomic E-state index is 13.7. The van der Waals surface area contributed by atoms with E-state index in [0.717, 1.165) is 6.07 Å². The molecule has 1 aromatic carbocycles. The Kier molecular flexibility index (Phi) is 5.01. The second kappa shape index (κ2) is 6.60. The molecule has 1 aromatic rings. The highest BCUT2D eigenvalue weighted by Gasteiger charge is 2.28. The highest BCUT2D eigenvalue weighted by molar-refractivity contribution is 5.68. The van der Waals surface area contributed by atoms with Gasteiger partial charge >= 0.3 is 6.09 Å². The zero-order chi connectivity index (χ0) is 16.3. The van der Waals surface area contributed by atoms with Gasteiger partial charge in [-0.3, -0.25) is 0 Å². The lowest BCUT2D eigenvalue weighted by Crippen LogP contribution is -2.54. The Bertz CT molecular complexity index is 543. The Hall–Kier alpha value is -1.69. The number of rotatable bonds is 2. The Morgan fingerprint density at radius 1 is 1.41 bits per heavy atom. The third-order valence-electron chi connectivity index (χ3n) is 3.41. The van der Waals surface area contributed by atoms with E-state index in [1.165, 1.54) is 6.07 Å². The van der Waals surface area contributed by atoms with Crippen LogP contribution in [-0.2, 0) is 11.2 Å². The average molecular weight is 312 g/mol. The molecule has 1 atom stereocenters.